The Morgan fingerprint density at radius 2 is 1.95 bits per heavy atom. The molecule has 1 aliphatic rings. The van der Waals surface area contributed by atoms with Gasteiger partial charge in [0.05, 0.1) is 18.2 Å². The largest absolute Gasteiger partial charge is 0.387 e. The Morgan fingerprint density at radius 1 is 1.37 bits per heavy atom. The molecule has 1 fully saturated rings. The summed E-state index contributed by atoms with van der Waals surface area (Å²) in [5.74, 6) is -0.0724. The predicted octanol–water partition coefficient (Wildman–Crippen LogP) is 0.563. The van der Waals surface area contributed by atoms with Crippen molar-refractivity contribution in [2.24, 2.45) is 5.92 Å². The van der Waals surface area contributed by atoms with E-state index < -0.39 is 11.6 Å². The molecule has 5 nitrogen and oxygen atoms in total. The number of amides is 1. The van der Waals surface area contributed by atoms with Gasteiger partial charge in [-0.25, -0.2) is 0 Å². The molecule has 1 saturated heterocycles. The normalized spacial score (nSPS) is 19.9. The second kappa shape index (κ2) is 6.48. The standard InChI is InChI=1S/C14H26N2O3/c1-5-6-14(19)8-16(9-14)7-12(18)15-13(10(2)3)11(4)17/h10,13,19H,5-9H2,1-4H3,(H,15,18). The number of hydrogen-bond acceptors (Lipinski definition) is 4. The SMILES string of the molecule is CCCC1(O)CN(CC(=O)NC(C(C)=O)C(C)C)C1. The summed E-state index contributed by atoms with van der Waals surface area (Å²) in [6.07, 6.45) is 1.71. The Labute approximate surface area is 115 Å². The number of rotatable bonds is 7. The molecule has 0 spiro atoms. The van der Waals surface area contributed by atoms with Gasteiger partial charge in [-0.1, -0.05) is 27.2 Å². The molecule has 0 radical (unpaired) electrons. The van der Waals surface area contributed by atoms with Crippen molar-refractivity contribution in [3.05, 3.63) is 0 Å². The van der Waals surface area contributed by atoms with Crippen LogP contribution < -0.4 is 5.32 Å². The number of carbonyl (C=O) groups excluding carboxylic acids is 2. The van der Waals surface area contributed by atoms with E-state index in [0.717, 1.165) is 12.8 Å². The highest BCUT2D eigenvalue weighted by molar-refractivity contribution is 5.88. The molecule has 1 unspecified atom stereocenters. The molecule has 0 aromatic heterocycles. The van der Waals surface area contributed by atoms with Crippen molar-refractivity contribution in [3.63, 3.8) is 0 Å². The lowest BCUT2D eigenvalue weighted by molar-refractivity contribution is -0.136. The van der Waals surface area contributed by atoms with Crippen LogP contribution in [-0.4, -0.2) is 53.0 Å². The molecule has 1 atom stereocenters. The summed E-state index contributed by atoms with van der Waals surface area (Å²) in [5, 5.41) is 12.8. The highest BCUT2D eigenvalue weighted by atomic mass is 16.3. The van der Waals surface area contributed by atoms with Gasteiger partial charge in [0.2, 0.25) is 5.91 Å². The number of β-amino-alcohol motifs (C(OH)–C–C–N with tert-alkyl or cyclic N) is 1. The Bertz CT molecular complexity index is 336. The smallest absolute Gasteiger partial charge is 0.234 e. The predicted molar refractivity (Wildman–Crippen MR) is 73.7 cm³/mol. The fourth-order valence-corrected chi connectivity index (χ4v) is 2.68. The lowest BCUT2D eigenvalue weighted by Gasteiger charge is -2.46. The van der Waals surface area contributed by atoms with Crippen LogP contribution in [0.5, 0.6) is 0 Å². The number of hydrogen-bond donors (Lipinski definition) is 2. The fourth-order valence-electron chi connectivity index (χ4n) is 2.68. The minimum atomic E-state index is -0.618. The van der Waals surface area contributed by atoms with Crippen molar-refractivity contribution in [3.8, 4) is 0 Å². The number of ketones is 1. The van der Waals surface area contributed by atoms with Gasteiger partial charge in [0.15, 0.2) is 5.78 Å². The third-order valence-corrected chi connectivity index (χ3v) is 3.54. The van der Waals surface area contributed by atoms with E-state index in [4.69, 9.17) is 0 Å². The van der Waals surface area contributed by atoms with E-state index in [1.54, 1.807) is 0 Å². The van der Waals surface area contributed by atoms with E-state index in [9.17, 15) is 14.7 Å². The van der Waals surface area contributed by atoms with E-state index in [-0.39, 0.29) is 24.2 Å². The highest BCUT2D eigenvalue weighted by Gasteiger charge is 2.40. The van der Waals surface area contributed by atoms with E-state index >= 15 is 0 Å². The zero-order chi connectivity index (χ0) is 14.6. The first-order valence-electron chi connectivity index (χ1n) is 7.02. The van der Waals surface area contributed by atoms with Gasteiger partial charge in [-0.2, -0.15) is 0 Å². The van der Waals surface area contributed by atoms with Gasteiger partial charge in [-0.15, -0.1) is 0 Å². The topological polar surface area (TPSA) is 69.6 Å². The van der Waals surface area contributed by atoms with Crippen LogP contribution in [0.2, 0.25) is 0 Å². The van der Waals surface area contributed by atoms with Crippen LogP contribution >= 0.6 is 0 Å². The molecule has 0 aromatic rings. The fraction of sp³-hybridized carbons (Fsp3) is 0.857. The maximum Gasteiger partial charge on any atom is 0.234 e. The summed E-state index contributed by atoms with van der Waals surface area (Å²) in [5.41, 5.74) is -0.618. The van der Waals surface area contributed by atoms with Crippen LogP contribution in [-0.2, 0) is 9.59 Å². The zero-order valence-corrected chi connectivity index (χ0v) is 12.4. The van der Waals surface area contributed by atoms with Crippen LogP contribution in [0.4, 0.5) is 0 Å². The van der Waals surface area contributed by atoms with Gasteiger partial charge in [0, 0.05) is 13.1 Å². The first-order valence-corrected chi connectivity index (χ1v) is 7.02. The molecule has 0 aromatic carbocycles. The zero-order valence-electron chi connectivity index (χ0n) is 12.4. The molecule has 1 rings (SSSR count). The maximum absolute atomic E-state index is 11.8. The number of likely N-dealkylation sites (tertiary alicyclic amines) is 1. The minimum Gasteiger partial charge on any atom is -0.387 e. The van der Waals surface area contributed by atoms with E-state index in [2.05, 4.69) is 5.32 Å². The van der Waals surface area contributed by atoms with Crippen molar-refractivity contribution in [1.29, 1.82) is 0 Å². The maximum atomic E-state index is 11.8. The van der Waals surface area contributed by atoms with E-state index in [0.29, 0.717) is 13.1 Å². The molecular formula is C14H26N2O3. The summed E-state index contributed by atoms with van der Waals surface area (Å²) in [4.78, 5) is 25.2. The Hall–Kier alpha value is -0.940. The Balaban J connectivity index is 2.35. The molecule has 0 bridgehead atoms. The lowest BCUT2D eigenvalue weighted by Crippen LogP contribution is -2.63. The van der Waals surface area contributed by atoms with Gasteiger partial charge in [-0.05, 0) is 19.3 Å². The lowest BCUT2D eigenvalue weighted by atomic mass is 9.89. The summed E-state index contributed by atoms with van der Waals surface area (Å²) in [6, 6.07) is -0.414. The average Bonchev–Trinajstić information content (AvgIpc) is 2.23. The van der Waals surface area contributed by atoms with Crippen molar-refractivity contribution >= 4 is 11.7 Å². The number of nitrogens with zero attached hydrogens (tertiary/aromatic N) is 1. The monoisotopic (exact) mass is 270 g/mol. The van der Waals surface area contributed by atoms with E-state index in [1.165, 1.54) is 6.92 Å². The third kappa shape index (κ3) is 4.58. The second-order valence-electron chi connectivity index (χ2n) is 6.02. The van der Waals surface area contributed by atoms with Crippen LogP contribution in [0.25, 0.3) is 0 Å². The van der Waals surface area contributed by atoms with Gasteiger partial charge < -0.3 is 10.4 Å². The highest BCUT2D eigenvalue weighted by Crippen LogP contribution is 2.25. The summed E-state index contributed by atoms with van der Waals surface area (Å²) >= 11 is 0. The molecule has 19 heavy (non-hydrogen) atoms. The molecule has 110 valence electrons. The quantitative estimate of drug-likeness (QED) is 0.709. The van der Waals surface area contributed by atoms with Gasteiger partial charge in [0.25, 0.3) is 0 Å². The van der Waals surface area contributed by atoms with Crippen LogP contribution in [0, 0.1) is 5.92 Å². The second-order valence-corrected chi connectivity index (χ2v) is 6.02. The molecule has 1 amide bonds. The first kappa shape index (κ1) is 16.1. The minimum absolute atomic E-state index is 0.0190. The Morgan fingerprint density at radius 3 is 2.37 bits per heavy atom. The number of aliphatic hydroxyl groups is 1. The summed E-state index contributed by atoms with van der Waals surface area (Å²) in [6.45, 7) is 8.69. The van der Waals surface area contributed by atoms with Crippen LogP contribution in [0.15, 0.2) is 0 Å². The number of Topliss-reactive ketones (excluding diaryl/α,β-unsaturated/α-hetero) is 1. The van der Waals surface area contributed by atoms with Crippen molar-refractivity contribution in [2.75, 3.05) is 19.6 Å². The number of carbonyl (C=O) groups is 2. The number of nitrogens with one attached hydrogen (secondary N) is 1. The summed E-state index contributed by atoms with van der Waals surface area (Å²) < 4.78 is 0. The first-order chi connectivity index (χ1) is 8.77. The van der Waals surface area contributed by atoms with E-state index in [1.807, 2.05) is 25.7 Å². The van der Waals surface area contributed by atoms with Gasteiger partial charge in [0.1, 0.15) is 0 Å². The van der Waals surface area contributed by atoms with Crippen molar-refractivity contribution in [2.45, 2.75) is 52.2 Å². The molecule has 1 heterocycles. The molecule has 1 aliphatic heterocycles. The van der Waals surface area contributed by atoms with Crippen molar-refractivity contribution < 1.29 is 14.7 Å². The average molecular weight is 270 g/mol. The van der Waals surface area contributed by atoms with Crippen LogP contribution in [0.3, 0.4) is 0 Å². The third-order valence-electron chi connectivity index (χ3n) is 3.54. The molecular weight excluding hydrogens is 244 g/mol. The molecule has 5 heteroatoms. The van der Waals surface area contributed by atoms with Gasteiger partial charge >= 0.3 is 0 Å². The van der Waals surface area contributed by atoms with Crippen LogP contribution in [0.1, 0.15) is 40.5 Å². The van der Waals surface area contributed by atoms with Crippen molar-refractivity contribution in [1.82, 2.24) is 10.2 Å². The Kier molecular flexibility index (Phi) is 5.50. The molecule has 0 saturated carbocycles. The van der Waals surface area contributed by atoms with Gasteiger partial charge in [-0.3, -0.25) is 14.5 Å². The molecule has 2 N–H and O–H groups in total. The molecule has 0 aliphatic carbocycles. The summed E-state index contributed by atoms with van der Waals surface area (Å²) in [7, 11) is 0.